The fourth-order valence-electron chi connectivity index (χ4n) is 0.928. The molecule has 0 atom stereocenters. The highest BCUT2D eigenvalue weighted by Gasteiger charge is 2.10. The Balaban J connectivity index is 2.94. The van der Waals surface area contributed by atoms with Gasteiger partial charge >= 0.3 is 10.2 Å². The molecule has 0 aliphatic rings. The highest BCUT2D eigenvalue weighted by atomic mass is 35.5. The van der Waals surface area contributed by atoms with Crippen LogP contribution in [0.3, 0.4) is 0 Å². The summed E-state index contributed by atoms with van der Waals surface area (Å²) < 4.78 is 33.2. The Labute approximate surface area is 81.6 Å². The Bertz CT molecular complexity index is 372. The molecule has 72 valence electrons. The Morgan fingerprint density at radius 2 is 1.77 bits per heavy atom. The number of hydrogen-bond acceptors (Lipinski definition) is 2. The lowest BCUT2D eigenvalue weighted by Gasteiger charge is -1.98. The number of rotatable bonds is 3. The highest BCUT2D eigenvalue weighted by Crippen LogP contribution is 2.13. The first-order chi connectivity index (χ1) is 6.04. The third kappa shape index (κ3) is 2.97. The zero-order valence-corrected chi connectivity index (χ0v) is 8.28. The van der Waals surface area contributed by atoms with E-state index < -0.39 is 10.2 Å². The van der Waals surface area contributed by atoms with Crippen LogP contribution >= 0.6 is 11.6 Å². The highest BCUT2D eigenvalue weighted by molar-refractivity contribution is 7.86. The molecule has 0 radical (unpaired) electrons. The molecule has 0 saturated carbocycles. The van der Waals surface area contributed by atoms with Gasteiger partial charge in [-0.3, -0.25) is 0 Å². The summed E-state index contributed by atoms with van der Waals surface area (Å²) in [4.78, 5) is -0.314. The molecule has 0 bridgehead atoms. The predicted octanol–water partition coefficient (Wildman–Crippen LogP) is 2.13. The molecule has 0 aliphatic carbocycles. The van der Waals surface area contributed by atoms with Gasteiger partial charge in [-0.1, -0.05) is 12.1 Å². The normalized spacial score (nSPS) is 11.5. The third-order valence-electron chi connectivity index (χ3n) is 1.59. The van der Waals surface area contributed by atoms with Gasteiger partial charge in [-0.25, -0.2) is 0 Å². The third-order valence-corrected chi connectivity index (χ3v) is 2.61. The Morgan fingerprint density at radius 3 is 2.15 bits per heavy atom. The zero-order valence-electron chi connectivity index (χ0n) is 6.70. The van der Waals surface area contributed by atoms with E-state index >= 15 is 0 Å². The number of aryl methyl sites for hydroxylation is 1. The Kier molecular flexibility index (Phi) is 3.27. The minimum atomic E-state index is -4.57. The molecule has 0 amide bonds. The van der Waals surface area contributed by atoms with Crippen molar-refractivity contribution in [2.45, 2.75) is 11.3 Å². The molecular weight excluding hydrogens is 215 g/mol. The molecule has 1 aromatic rings. The summed E-state index contributed by atoms with van der Waals surface area (Å²) in [6.07, 6.45) is 0.647. The predicted molar refractivity (Wildman–Crippen MR) is 49.2 cm³/mol. The van der Waals surface area contributed by atoms with Crippen LogP contribution < -0.4 is 0 Å². The van der Waals surface area contributed by atoms with E-state index in [2.05, 4.69) is 0 Å². The van der Waals surface area contributed by atoms with Crippen molar-refractivity contribution in [3.8, 4) is 0 Å². The topological polar surface area (TPSA) is 34.1 Å². The SMILES string of the molecule is O=S(=O)(F)c1ccc(CCCl)cc1. The summed E-state index contributed by atoms with van der Waals surface area (Å²) in [6, 6.07) is 5.57. The van der Waals surface area contributed by atoms with E-state index in [9.17, 15) is 12.3 Å². The summed E-state index contributed by atoms with van der Waals surface area (Å²) in [5, 5.41) is 0. The Morgan fingerprint density at radius 1 is 1.23 bits per heavy atom. The molecule has 0 N–H and O–H groups in total. The molecule has 5 heteroatoms. The number of alkyl halides is 1. The average molecular weight is 223 g/mol. The lowest BCUT2D eigenvalue weighted by Crippen LogP contribution is -1.92. The number of benzene rings is 1. The molecule has 0 aromatic heterocycles. The molecule has 0 saturated heterocycles. The minimum Gasteiger partial charge on any atom is -0.189 e. The van der Waals surface area contributed by atoms with Gasteiger partial charge in [-0.2, -0.15) is 8.42 Å². The van der Waals surface area contributed by atoms with Crippen LogP contribution in [0.1, 0.15) is 5.56 Å². The van der Waals surface area contributed by atoms with Gasteiger partial charge in [0.15, 0.2) is 0 Å². The van der Waals surface area contributed by atoms with Gasteiger partial charge in [-0.05, 0) is 24.1 Å². The zero-order chi connectivity index (χ0) is 9.90. The van der Waals surface area contributed by atoms with Crippen LogP contribution in [0, 0.1) is 0 Å². The number of halogens is 2. The van der Waals surface area contributed by atoms with Crippen molar-refractivity contribution in [2.24, 2.45) is 0 Å². The fourth-order valence-corrected chi connectivity index (χ4v) is 1.61. The van der Waals surface area contributed by atoms with Crippen molar-refractivity contribution in [2.75, 3.05) is 5.88 Å². The van der Waals surface area contributed by atoms with Crippen molar-refractivity contribution >= 4 is 21.8 Å². The van der Waals surface area contributed by atoms with Crippen LogP contribution in [-0.2, 0) is 16.6 Å². The summed E-state index contributed by atoms with van der Waals surface area (Å²) in [5.74, 6) is 0.460. The van der Waals surface area contributed by atoms with Crippen molar-refractivity contribution in [3.63, 3.8) is 0 Å². The number of hydrogen-bond donors (Lipinski definition) is 0. The van der Waals surface area contributed by atoms with Crippen LogP contribution in [0.5, 0.6) is 0 Å². The first-order valence-electron chi connectivity index (χ1n) is 3.63. The van der Waals surface area contributed by atoms with E-state index in [0.29, 0.717) is 12.3 Å². The van der Waals surface area contributed by atoms with Gasteiger partial charge in [0.1, 0.15) is 0 Å². The summed E-state index contributed by atoms with van der Waals surface area (Å²) in [5.41, 5.74) is 0.891. The monoisotopic (exact) mass is 222 g/mol. The van der Waals surface area contributed by atoms with Crippen molar-refractivity contribution in [1.29, 1.82) is 0 Å². The van der Waals surface area contributed by atoms with Gasteiger partial charge in [-0.15, -0.1) is 15.5 Å². The molecule has 2 nitrogen and oxygen atoms in total. The lowest BCUT2D eigenvalue weighted by atomic mass is 10.2. The second-order valence-corrected chi connectivity index (χ2v) is 4.25. The first-order valence-corrected chi connectivity index (χ1v) is 5.55. The van der Waals surface area contributed by atoms with Gasteiger partial charge in [0, 0.05) is 5.88 Å². The van der Waals surface area contributed by atoms with E-state index in [1.54, 1.807) is 12.1 Å². The fraction of sp³-hybridized carbons (Fsp3) is 0.250. The molecule has 0 spiro atoms. The first kappa shape index (κ1) is 10.5. The van der Waals surface area contributed by atoms with Crippen LogP contribution in [0.25, 0.3) is 0 Å². The van der Waals surface area contributed by atoms with Crippen LogP contribution in [0.2, 0.25) is 0 Å². The van der Waals surface area contributed by atoms with Crippen molar-refractivity contribution in [1.82, 2.24) is 0 Å². The van der Waals surface area contributed by atoms with Crippen molar-refractivity contribution in [3.05, 3.63) is 29.8 Å². The van der Waals surface area contributed by atoms with E-state index in [1.807, 2.05) is 0 Å². The largest absolute Gasteiger partial charge is 0.332 e. The molecular formula is C8H8ClFO2S. The molecule has 0 unspecified atom stereocenters. The van der Waals surface area contributed by atoms with Crippen LogP contribution in [-0.4, -0.2) is 14.3 Å². The maximum Gasteiger partial charge on any atom is 0.332 e. The maximum absolute atomic E-state index is 12.4. The van der Waals surface area contributed by atoms with Gasteiger partial charge < -0.3 is 0 Å². The summed E-state index contributed by atoms with van der Waals surface area (Å²) >= 11 is 5.47. The second-order valence-electron chi connectivity index (χ2n) is 2.52. The van der Waals surface area contributed by atoms with Crippen LogP contribution in [0.15, 0.2) is 29.2 Å². The second kappa shape index (κ2) is 4.07. The molecule has 0 fully saturated rings. The maximum atomic E-state index is 12.4. The van der Waals surface area contributed by atoms with E-state index in [1.165, 1.54) is 12.1 Å². The van der Waals surface area contributed by atoms with E-state index in [0.717, 1.165) is 5.56 Å². The molecule has 0 heterocycles. The van der Waals surface area contributed by atoms with E-state index in [-0.39, 0.29) is 4.90 Å². The van der Waals surface area contributed by atoms with Crippen molar-refractivity contribution < 1.29 is 12.3 Å². The summed E-state index contributed by atoms with van der Waals surface area (Å²) in [6.45, 7) is 0. The lowest BCUT2D eigenvalue weighted by molar-refractivity contribution is 0.552. The molecule has 13 heavy (non-hydrogen) atoms. The van der Waals surface area contributed by atoms with Gasteiger partial charge in [0.25, 0.3) is 0 Å². The molecule has 1 aromatic carbocycles. The molecule has 0 aliphatic heterocycles. The quantitative estimate of drug-likeness (QED) is 0.580. The molecule has 1 rings (SSSR count). The van der Waals surface area contributed by atoms with Gasteiger partial charge in [0.2, 0.25) is 0 Å². The smallest absolute Gasteiger partial charge is 0.189 e. The van der Waals surface area contributed by atoms with Crippen LogP contribution in [0.4, 0.5) is 3.89 Å². The average Bonchev–Trinajstić information content (AvgIpc) is 2.04. The standard InChI is InChI=1S/C8H8ClFO2S/c9-6-5-7-1-3-8(4-2-7)13(10,11)12/h1-4H,5-6H2. The summed E-state index contributed by atoms with van der Waals surface area (Å²) in [7, 11) is -4.57. The minimum absolute atomic E-state index is 0.314. The Hall–Kier alpha value is -0.610. The van der Waals surface area contributed by atoms with Gasteiger partial charge in [0.05, 0.1) is 4.90 Å². The van der Waals surface area contributed by atoms with E-state index in [4.69, 9.17) is 11.6 Å².